The smallest absolute Gasteiger partial charge is 0.407 e. The second kappa shape index (κ2) is 5.13. The topological polar surface area (TPSA) is 78.6 Å². The van der Waals surface area contributed by atoms with Crippen molar-refractivity contribution in [2.45, 2.75) is 31.4 Å². The number of imidazole rings is 1. The summed E-state index contributed by atoms with van der Waals surface area (Å²) in [6.45, 7) is 1.15. The van der Waals surface area contributed by atoms with Gasteiger partial charge in [-0.15, -0.1) is 0 Å². The fourth-order valence-electron chi connectivity index (χ4n) is 6.85. The van der Waals surface area contributed by atoms with Crippen LogP contribution in [0.15, 0.2) is 36.8 Å². The zero-order valence-electron chi connectivity index (χ0n) is 15.0. The molecule has 2 N–H and O–H groups in total. The van der Waals surface area contributed by atoms with Gasteiger partial charge in [0, 0.05) is 30.0 Å². The van der Waals surface area contributed by atoms with Gasteiger partial charge in [-0.3, -0.25) is 0 Å². The minimum atomic E-state index is -0.820. The Morgan fingerprint density at radius 1 is 1.19 bits per heavy atom. The molecule has 2 saturated carbocycles. The van der Waals surface area contributed by atoms with Crippen molar-refractivity contribution in [1.82, 2.24) is 14.5 Å². The number of aliphatic hydroxyl groups excluding tert-OH is 1. The number of fused-ring (bicyclic) bond motifs is 3. The first kappa shape index (κ1) is 15.7. The molecule has 2 aliphatic carbocycles. The summed E-state index contributed by atoms with van der Waals surface area (Å²) >= 11 is 0. The fraction of sp³-hybridized carbons (Fsp3) is 0.524. The van der Waals surface area contributed by atoms with E-state index in [0.29, 0.717) is 13.1 Å². The zero-order chi connectivity index (χ0) is 18.3. The molecule has 140 valence electrons. The molecule has 1 spiro atoms. The molecule has 3 heterocycles. The highest BCUT2D eigenvalue weighted by Crippen LogP contribution is 2.67. The first-order chi connectivity index (χ1) is 13.1. The van der Waals surface area contributed by atoms with E-state index in [1.54, 1.807) is 4.90 Å². The number of hydrogen-bond donors (Lipinski definition) is 2. The number of benzene rings is 1. The van der Waals surface area contributed by atoms with E-state index in [9.17, 15) is 15.0 Å². The van der Waals surface area contributed by atoms with E-state index in [4.69, 9.17) is 0 Å². The van der Waals surface area contributed by atoms with E-state index in [2.05, 4.69) is 33.8 Å². The molecule has 2 aliphatic heterocycles. The summed E-state index contributed by atoms with van der Waals surface area (Å²) in [6, 6.07) is 8.57. The maximum atomic E-state index is 11.4. The van der Waals surface area contributed by atoms with Gasteiger partial charge in [0.15, 0.2) is 0 Å². The Balaban J connectivity index is 1.34. The monoisotopic (exact) mass is 365 g/mol. The van der Waals surface area contributed by atoms with Crippen molar-refractivity contribution in [3.05, 3.63) is 42.4 Å². The van der Waals surface area contributed by atoms with E-state index in [0.717, 1.165) is 25.0 Å². The van der Waals surface area contributed by atoms with Crippen molar-refractivity contribution in [3.63, 3.8) is 0 Å². The van der Waals surface area contributed by atoms with Crippen LogP contribution < -0.4 is 0 Å². The largest absolute Gasteiger partial charge is 0.465 e. The van der Waals surface area contributed by atoms with Gasteiger partial charge in [0.25, 0.3) is 0 Å². The third-order valence-corrected chi connectivity index (χ3v) is 8.01. The van der Waals surface area contributed by atoms with Crippen molar-refractivity contribution in [1.29, 1.82) is 0 Å². The average Bonchev–Trinajstić information content (AvgIpc) is 3.30. The van der Waals surface area contributed by atoms with Crippen LogP contribution in [0.5, 0.6) is 0 Å². The number of carboxylic acid groups (broad SMARTS) is 1. The Morgan fingerprint density at radius 2 is 1.93 bits per heavy atom. The van der Waals surface area contributed by atoms with Crippen LogP contribution in [0.2, 0.25) is 0 Å². The molecular formula is C21H23N3O3. The second-order valence-corrected chi connectivity index (χ2v) is 8.80. The number of hydrogen-bond acceptors (Lipinski definition) is 3. The van der Waals surface area contributed by atoms with Crippen molar-refractivity contribution in [3.8, 4) is 11.3 Å². The Bertz CT molecular complexity index is 924. The van der Waals surface area contributed by atoms with E-state index < -0.39 is 6.09 Å². The highest BCUT2D eigenvalue weighted by atomic mass is 16.4. The average molecular weight is 365 g/mol. The van der Waals surface area contributed by atoms with Gasteiger partial charge in [0.05, 0.1) is 30.4 Å². The van der Waals surface area contributed by atoms with Gasteiger partial charge in [0.1, 0.15) is 0 Å². The molecule has 1 amide bonds. The van der Waals surface area contributed by atoms with Gasteiger partial charge in [-0.25, -0.2) is 9.78 Å². The number of aromatic nitrogens is 2. The van der Waals surface area contributed by atoms with Crippen LogP contribution in [0.3, 0.4) is 0 Å². The van der Waals surface area contributed by atoms with Gasteiger partial charge in [0.2, 0.25) is 0 Å². The Labute approximate surface area is 157 Å². The third-order valence-electron chi connectivity index (χ3n) is 8.01. The number of rotatable bonds is 1. The minimum absolute atomic E-state index is 0.0884. The van der Waals surface area contributed by atoms with E-state index >= 15 is 0 Å². The summed E-state index contributed by atoms with van der Waals surface area (Å²) in [7, 11) is 0. The normalized spacial score (nSPS) is 38.6. The van der Waals surface area contributed by atoms with E-state index in [-0.39, 0.29) is 35.3 Å². The second-order valence-electron chi connectivity index (χ2n) is 8.80. The molecule has 3 fully saturated rings. The van der Waals surface area contributed by atoms with Crippen molar-refractivity contribution < 1.29 is 15.0 Å². The third kappa shape index (κ3) is 1.79. The number of aliphatic hydroxyl groups is 1. The molecule has 1 aromatic carbocycles. The number of piperidine rings is 1. The van der Waals surface area contributed by atoms with Crippen molar-refractivity contribution in [2.75, 3.05) is 13.1 Å². The molecule has 0 unspecified atom stereocenters. The van der Waals surface area contributed by atoms with Crippen LogP contribution in [0.4, 0.5) is 4.79 Å². The molecule has 27 heavy (non-hydrogen) atoms. The van der Waals surface area contributed by atoms with E-state index in [1.807, 2.05) is 12.5 Å². The lowest BCUT2D eigenvalue weighted by atomic mass is 9.48. The molecule has 0 radical (unpaired) electrons. The Kier molecular flexibility index (Phi) is 2.98. The van der Waals surface area contributed by atoms with Crippen molar-refractivity contribution in [2.24, 2.45) is 23.2 Å². The number of likely N-dealkylation sites (tertiary alicyclic amines) is 1. The first-order valence-electron chi connectivity index (χ1n) is 9.88. The van der Waals surface area contributed by atoms with Gasteiger partial charge < -0.3 is 19.7 Å². The molecule has 6 nitrogen and oxygen atoms in total. The molecule has 6 rings (SSSR count). The van der Waals surface area contributed by atoms with Crippen LogP contribution in [0.1, 0.15) is 30.9 Å². The lowest BCUT2D eigenvalue weighted by molar-refractivity contribution is -0.193. The van der Waals surface area contributed by atoms with Gasteiger partial charge >= 0.3 is 6.09 Å². The highest BCUT2D eigenvalue weighted by molar-refractivity contribution is 5.69. The molecular weight excluding hydrogens is 342 g/mol. The van der Waals surface area contributed by atoms with Crippen LogP contribution in [0.25, 0.3) is 11.3 Å². The van der Waals surface area contributed by atoms with Crippen LogP contribution in [-0.4, -0.2) is 50.0 Å². The van der Waals surface area contributed by atoms with Crippen LogP contribution in [-0.2, 0) is 0 Å². The van der Waals surface area contributed by atoms with Crippen LogP contribution in [0, 0.1) is 23.2 Å². The van der Waals surface area contributed by atoms with Gasteiger partial charge in [-0.1, -0.05) is 24.3 Å². The zero-order valence-corrected chi connectivity index (χ0v) is 15.0. The summed E-state index contributed by atoms with van der Waals surface area (Å²) in [5.41, 5.74) is 3.54. The summed E-state index contributed by atoms with van der Waals surface area (Å²) in [4.78, 5) is 17.3. The van der Waals surface area contributed by atoms with Gasteiger partial charge in [-0.2, -0.15) is 0 Å². The predicted molar refractivity (Wildman–Crippen MR) is 98.2 cm³/mol. The van der Waals surface area contributed by atoms with Crippen LogP contribution >= 0.6 is 0 Å². The standard InChI is InChI=1S/C21H23N3O3/c25-19-16(7-21(19)12-5-6-13(21)10-23(9-12)20(26)27)18-15-4-2-1-3-14(15)17-8-22-11-24(17)18/h1-4,8,11-13,16,18-19,25H,5-7,9-10H2,(H,26,27)/t12-,13-,16+,18-,19-/m1/s1. The summed E-state index contributed by atoms with van der Waals surface area (Å²) in [5.74, 6) is 0.746. The summed E-state index contributed by atoms with van der Waals surface area (Å²) in [6.07, 6.45) is 5.66. The molecule has 5 atom stereocenters. The molecule has 4 aliphatic rings. The Hall–Kier alpha value is -2.34. The molecule has 1 aromatic heterocycles. The summed E-state index contributed by atoms with van der Waals surface area (Å²) in [5, 5.41) is 20.8. The highest BCUT2D eigenvalue weighted by Gasteiger charge is 2.67. The molecule has 1 saturated heterocycles. The molecule has 2 aromatic rings. The van der Waals surface area contributed by atoms with Gasteiger partial charge in [-0.05, 0) is 36.7 Å². The maximum Gasteiger partial charge on any atom is 0.407 e. The number of amides is 1. The van der Waals surface area contributed by atoms with E-state index in [1.165, 1.54) is 11.1 Å². The fourth-order valence-corrected chi connectivity index (χ4v) is 6.85. The number of nitrogens with zero attached hydrogens (tertiary/aromatic N) is 3. The lowest BCUT2D eigenvalue weighted by Crippen LogP contribution is -2.65. The predicted octanol–water partition coefficient (Wildman–Crippen LogP) is 2.84. The summed E-state index contributed by atoms with van der Waals surface area (Å²) < 4.78 is 2.22. The first-order valence-corrected chi connectivity index (χ1v) is 9.88. The molecule has 6 heteroatoms. The quantitative estimate of drug-likeness (QED) is 0.815. The lowest BCUT2D eigenvalue weighted by Gasteiger charge is -2.61. The minimum Gasteiger partial charge on any atom is -0.465 e. The maximum absolute atomic E-state index is 11.4. The van der Waals surface area contributed by atoms with Crippen molar-refractivity contribution >= 4 is 6.09 Å². The molecule has 2 bridgehead atoms. The SMILES string of the molecule is O=C(O)N1C[C@H]2CC[C@H](C1)C21C[C@@H]([C@H]2c3ccccc3-c3cncn32)[C@H]1O. The Morgan fingerprint density at radius 3 is 2.63 bits per heavy atom. The number of carbonyl (C=O) groups is 1.